The fourth-order valence-corrected chi connectivity index (χ4v) is 4.11. The van der Waals surface area contributed by atoms with Crippen LogP contribution in [0.25, 0.3) is 10.8 Å². The number of halogens is 4. The van der Waals surface area contributed by atoms with Gasteiger partial charge < -0.3 is 14.7 Å². The highest BCUT2D eigenvalue weighted by Gasteiger charge is 2.46. The van der Waals surface area contributed by atoms with Gasteiger partial charge in [-0.3, -0.25) is 14.6 Å². The van der Waals surface area contributed by atoms with Gasteiger partial charge in [-0.15, -0.1) is 0 Å². The molecule has 6 nitrogen and oxygen atoms in total. The van der Waals surface area contributed by atoms with E-state index in [0.717, 1.165) is 18.3 Å². The number of hydrogen-bond acceptors (Lipinski definition) is 4. The number of nitrogens with zero attached hydrogens (tertiary/aromatic N) is 2. The van der Waals surface area contributed by atoms with Gasteiger partial charge >= 0.3 is 12.1 Å². The molecule has 36 heavy (non-hydrogen) atoms. The molecule has 0 radical (unpaired) electrons. The molecule has 1 amide bonds. The number of rotatable bonds is 8. The highest BCUT2D eigenvalue weighted by Crippen LogP contribution is 2.39. The molecule has 0 bridgehead atoms. The quantitative estimate of drug-likeness (QED) is 0.315. The molecule has 1 aliphatic rings. The third kappa shape index (κ3) is 4.98. The number of pyridine rings is 1. The first-order chi connectivity index (χ1) is 16.9. The van der Waals surface area contributed by atoms with Crippen LogP contribution in [0.3, 0.4) is 0 Å². The smallest absolute Gasteiger partial charge is 0.433 e. The molecular weight excluding hydrogens is 480 g/mol. The lowest BCUT2D eigenvalue weighted by atomic mass is 9.83. The van der Waals surface area contributed by atoms with Gasteiger partial charge in [-0.2, -0.15) is 13.2 Å². The minimum atomic E-state index is -4.57. The van der Waals surface area contributed by atoms with Gasteiger partial charge in [0, 0.05) is 29.1 Å². The van der Waals surface area contributed by atoms with Crippen molar-refractivity contribution < 1.29 is 37.0 Å². The van der Waals surface area contributed by atoms with Crippen molar-refractivity contribution in [3.05, 3.63) is 71.3 Å². The van der Waals surface area contributed by atoms with E-state index in [1.807, 2.05) is 0 Å². The maximum Gasteiger partial charge on any atom is 0.433 e. The van der Waals surface area contributed by atoms with Crippen LogP contribution < -0.4 is 4.74 Å². The van der Waals surface area contributed by atoms with Gasteiger partial charge in [-0.1, -0.05) is 37.3 Å². The number of alkyl halides is 3. The molecule has 0 aliphatic carbocycles. The Kier molecular flexibility index (Phi) is 6.64. The summed E-state index contributed by atoms with van der Waals surface area (Å²) in [6.45, 7) is 3.53. The van der Waals surface area contributed by atoms with Crippen molar-refractivity contribution in [3.63, 3.8) is 0 Å². The number of benzene rings is 2. The van der Waals surface area contributed by atoms with Gasteiger partial charge in [0.1, 0.15) is 23.9 Å². The van der Waals surface area contributed by atoms with Crippen LogP contribution in [0.4, 0.5) is 17.6 Å². The maximum absolute atomic E-state index is 14.9. The van der Waals surface area contributed by atoms with Crippen LogP contribution in [0.15, 0.2) is 48.7 Å². The van der Waals surface area contributed by atoms with Crippen molar-refractivity contribution >= 4 is 22.6 Å². The Morgan fingerprint density at radius 2 is 1.86 bits per heavy atom. The molecule has 2 atom stereocenters. The number of aliphatic carboxylic acids is 1. The first-order valence-corrected chi connectivity index (χ1v) is 11.3. The van der Waals surface area contributed by atoms with Crippen LogP contribution in [-0.2, 0) is 17.6 Å². The number of ether oxygens (including phenoxy) is 1. The Bertz CT molecular complexity index is 1310. The fourth-order valence-electron chi connectivity index (χ4n) is 4.11. The summed E-state index contributed by atoms with van der Waals surface area (Å²) in [5.74, 6) is -1.98. The lowest BCUT2D eigenvalue weighted by Gasteiger charge is -2.22. The molecular formula is C26H24F4N2O4. The summed E-state index contributed by atoms with van der Waals surface area (Å²) < 4.78 is 59.2. The van der Waals surface area contributed by atoms with E-state index in [0.29, 0.717) is 23.9 Å². The Morgan fingerprint density at radius 3 is 2.44 bits per heavy atom. The minimum absolute atomic E-state index is 0.0397. The molecule has 3 aromatic rings. The third-order valence-electron chi connectivity index (χ3n) is 6.63. The molecule has 0 saturated carbocycles. The Balaban J connectivity index is 1.62. The first-order valence-electron chi connectivity index (χ1n) is 11.3. The Hall–Kier alpha value is -3.69. The van der Waals surface area contributed by atoms with E-state index in [1.54, 1.807) is 32.0 Å². The summed E-state index contributed by atoms with van der Waals surface area (Å²) in [5, 5.41) is 10.1. The summed E-state index contributed by atoms with van der Waals surface area (Å²) in [6, 6.07) is 9.24. The Morgan fingerprint density at radius 1 is 1.17 bits per heavy atom. The van der Waals surface area contributed by atoms with Crippen LogP contribution in [-0.4, -0.2) is 39.5 Å². The van der Waals surface area contributed by atoms with E-state index in [2.05, 4.69) is 4.98 Å². The number of amides is 1. The topological polar surface area (TPSA) is 79.5 Å². The molecule has 10 heteroatoms. The largest absolute Gasteiger partial charge is 0.487 e. The van der Waals surface area contributed by atoms with E-state index in [9.17, 15) is 32.3 Å². The molecule has 190 valence electrons. The molecule has 2 heterocycles. The van der Waals surface area contributed by atoms with Crippen LogP contribution in [0.5, 0.6) is 5.75 Å². The highest BCUT2D eigenvalue weighted by molar-refractivity contribution is 6.05. The molecule has 1 aliphatic heterocycles. The molecule has 1 aromatic heterocycles. The molecule has 4 rings (SSSR count). The average Bonchev–Trinajstić information content (AvgIpc) is 3.61. The predicted molar refractivity (Wildman–Crippen MR) is 123 cm³/mol. The van der Waals surface area contributed by atoms with E-state index < -0.39 is 35.0 Å². The summed E-state index contributed by atoms with van der Waals surface area (Å²) in [5.41, 5.74) is -1.74. The average molecular weight is 504 g/mol. The molecule has 1 saturated heterocycles. The summed E-state index contributed by atoms with van der Waals surface area (Å²) in [4.78, 5) is 29.9. The van der Waals surface area contributed by atoms with E-state index in [-0.39, 0.29) is 35.8 Å². The zero-order chi connectivity index (χ0) is 26.3. The number of carboxylic acids is 1. The van der Waals surface area contributed by atoms with E-state index >= 15 is 0 Å². The van der Waals surface area contributed by atoms with Gasteiger partial charge in [-0.25, -0.2) is 4.39 Å². The number of hydrogen-bond donors (Lipinski definition) is 1. The van der Waals surface area contributed by atoms with Crippen molar-refractivity contribution in [1.29, 1.82) is 0 Å². The molecule has 1 unspecified atom stereocenters. The van der Waals surface area contributed by atoms with Gasteiger partial charge in [0.15, 0.2) is 0 Å². The monoisotopic (exact) mass is 504 g/mol. The van der Waals surface area contributed by atoms with Crippen molar-refractivity contribution in [2.24, 2.45) is 5.41 Å². The van der Waals surface area contributed by atoms with Gasteiger partial charge in [0.2, 0.25) is 0 Å². The SMILES string of the molecule is CCC(C)(C[C@H]1CN1C(=O)c1cc(F)c2ccccc2c1OCc1ccc(C(F)(F)F)nc1)C(=O)O. The zero-order valence-electron chi connectivity index (χ0n) is 19.6. The van der Waals surface area contributed by atoms with Crippen LogP contribution >= 0.6 is 0 Å². The van der Waals surface area contributed by atoms with E-state index in [1.165, 1.54) is 17.0 Å². The molecule has 1 fully saturated rings. The Labute approximate surface area is 204 Å². The molecule has 0 spiro atoms. The van der Waals surface area contributed by atoms with Gasteiger partial charge in [0.05, 0.1) is 17.0 Å². The first kappa shape index (κ1) is 25.4. The minimum Gasteiger partial charge on any atom is -0.487 e. The van der Waals surface area contributed by atoms with Crippen LogP contribution in [0, 0.1) is 11.2 Å². The van der Waals surface area contributed by atoms with Crippen LogP contribution in [0.2, 0.25) is 0 Å². The summed E-state index contributed by atoms with van der Waals surface area (Å²) in [6.07, 6.45) is -2.89. The number of carboxylic acid groups (broad SMARTS) is 1. The zero-order valence-corrected chi connectivity index (χ0v) is 19.6. The second kappa shape index (κ2) is 9.40. The number of carbonyl (C=O) groups is 2. The standard InChI is InChI=1S/C26H24F4N2O4/c1-3-25(2,24(34)35)11-16-13-32(16)23(33)19-10-20(27)17-6-4-5-7-18(17)22(19)36-14-15-8-9-21(31-12-15)26(28,29)30/h4-10,12,16H,3,11,13-14H2,1-2H3,(H,34,35)/t16-,25?,32?/m0/s1. The molecule has 1 N–H and O–H groups in total. The summed E-state index contributed by atoms with van der Waals surface area (Å²) in [7, 11) is 0. The maximum atomic E-state index is 14.9. The van der Waals surface area contributed by atoms with Gasteiger partial charge in [0.25, 0.3) is 5.91 Å². The second-order valence-electron chi connectivity index (χ2n) is 9.15. The lowest BCUT2D eigenvalue weighted by molar-refractivity contribution is -0.148. The predicted octanol–water partition coefficient (Wildman–Crippen LogP) is 5.69. The third-order valence-corrected chi connectivity index (χ3v) is 6.63. The van der Waals surface area contributed by atoms with Crippen molar-refractivity contribution in [1.82, 2.24) is 9.88 Å². The van der Waals surface area contributed by atoms with Crippen molar-refractivity contribution in [2.75, 3.05) is 6.54 Å². The fraction of sp³-hybridized carbons (Fsp3) is 0.346. The van der Waals surface area contributed by atoms with Gasteiger partial charge in [-0.05, 0) is 31.9 Å². The van der Waals surface area contributed by atoms with E-state index in [4.69, 9.17) is 4.74 Å². The van der Waals surface area contributed by atoms with Crippen molar-refractivity contribution in [2.45, 2.75) is 45.5 Å². The number of fused-ring (bicyclic) bond motifs is 1. The summed E-state index contributed by atoms with van der Waals surface area (Å²) >= 11 is 0. The number of aromatic nitrogens is 1. The number of carbonyl (C=O) groups excluding carboxylic acids is 1. The van der Waals surface area contributed by atoms with Crippen LogP contribution in [0.1, 0.15) is 48.3 Å². The normalized spacial score (nSPS) is 17.1. The molecule has 2 aromatic carbocycles. The highest BCUT2D eigenvalue weighted by atomic mass is 19.4. The van der Waals surface area contributed by atoms with Crippen molar-refractivity contribution in [3.8, 4) is 5.75 Å². The second-order valence-corrected chi connectivity index (χ2v) is 9.15. The lowest BCUT2D eigenvalue weighted by Crippen LogP contribution is -2.30.